The first-order valence-corrected chi connectivity index (χ1v) is 7.25. The Morgan fingerprint density at radius 2 is 1.68 bits per heavy atom. The predicted molar refractivity (Wildman–Crippen MR) is 79.5 cm³/mol. The lowest BCUT2D eigenvalue weighted by molar-refractivity contribution is 0.371. The summed E-state index contributed by atoms with van der Waals surface area (Å²) in [6.07, 6.45) is 6.57. The van der Waals surface area contributed by atoms with Crippen LogP contribution < -0.4 is 10.6 Å². The fraction of sp³-hybridized carbons (Fsp3) is 0.733. The Hall–Kier alpha value is -1.16. The molecule has 1 aromatic rings. The third-order valence-corrected chi connectivity index (χ3v) is 3.92. The fourth-order valence-corrected chi connectivity index (χ4v) is 2.58. The number of aromatic nitrogens is 2. The van der Waals surface area contributed by atoms with Crippen molar-refractivity contribution in [3.05, 3.63) is 18.1 Å². The topological polar surface area (TPSA) is 49.8 Å². The number of nitrogens with zero attached hydrogens (tertiary/aromatic N) is 2. The molecule has 0 aromatic carbocycles. The van der Waals surface area contributed by atoms with Crippen molar-refractivity contribution in [1.82, 2.24) is 15.3 Å². The molecule has 0 bridgehead atoms. The van der Waals surface area contributed by atoms with Crippen LogP contribution in [0.15, 0.2) is 12.4 Å². The summed E-state index contributed by atoms with van der Waals surface area (Å²) >= 11 is 0. The zero-order chi connectivity index (χ0) is 13.9. The second-order valence-corrected chi connectivity index (χ2v) is 6.52. The quantitative estimate of drug-likeness (QED) is 0.879. The second-order valence-electron chi connectivity index (χ2n) is 6.52. The molecule has 106 valence electrons. The van der Waals surface area contributed by atoms with Gasteiger partial charge in [-0.3, -0.25) is 0 Å². The number of anilines is 1. The smallest absolute Gasteiger partial charge is 0.129 e. The third-order valence-electron chi connectivity index (χ3n) is 3.92. The highest BCUT2D eigenvalue weighted by atomic mass is 15.0. The molecule has 1 fully saturated rings. The molecule has 0 unspecified atom stereocenters. The van der Waals surface area contributed by atoms with Gasteiger partial charge in [-0.25, -0.2) is 9.97 Å². The highest BCUT2D eigenvalue weighted by Gasteiger charge is 2.21. The largest absolute Gasteiger partial charge is 0.367 e. The summed E-state index contributed by atoms with van der Waals surface area (Å²) in [5.74, 6) is 0.966. The first-order chi connectivity index (χ1) is 8.99. The summed E-state index contributed by atoms with van der Waals surface area (Å²) in [6.45, 7) is 6.53. The average molecular weight is 262 g/mol. The number of rotatable bonds is 3. The van der Waals surface area contributed by atoms with Crippen LogP contribution in [0, 0.1) is 0 Å². The fourth-order valence-electron chi connectivity index (χ4n) is 2.58. The van der Waals surface area contributed by atoms with Crippen LogP contribution in [-0.2, 0) is 5.41 Å². The summed E-state index contributed by atoms with van der Waals surface area (Å²) in [5, 5.41) is 6.92. The van der Waals surface area contributed by atoms with Crippen LogP contribution in [-0.4, -0.2) is 29.1 Å². The molecule has 0 spiro atoms. The molecule has 1 saturated carbocycles. The maximum absolute atomic E-state index is 4.37. The van der Waals surface area contributed by atoms with Gasteiger partial charge in [-0.1, -0.05) is 20.8 Å². The van der Waals surface area contributed by atoms with E-state index in [-0.39, 0.29) is 5.41 Å². The standard InChI is InChI=1S/C15H26N4/c1-15(2,3)13-9-14(18-10-17-13)19-12-7-5-11(16-4)6-8-12/h9-12,16H,5-8H2,1-4H3,(H,17,18,19)/t11-,12+. The monoisotopic (exact) mass is 262 g/mol. The molecule has 2 rings (SSSR count). The second kappa shape index (κ2) is 5.87. The lowest BCUT2D eigenvalue weighted by Crippen LogP contribution is -2.35. The molecule has 4 nitrogen and oxygen atoms in total. The van der Waals surface area contributed by atoms with Gasteiger partial charge in [0.25, 0.3) is 0 Å². The van der Waals surface area contributed by atoms with Gasteiger partial charge in [-0.2, -0.15) is 0 Å². The molecule has 1 aliphatic carbocycles. The van der Waals surface area contributed by atoms with Crippen molar-refractivity contribution in [3.8, 4) is 0 Å². The Balaban J connectivity index is 1.97. The van der Waals surface area contributed by atoms with Crippen LogP contribution in [0.3, 0.4) is 0 Å². The lowest BCUT2D eigenvalue weighted by atomic mass is 9.90. The molecule has 1 aromatic heterocycles. The van der Waals surface area contributed by atoms with Gasteiger partial charge >= 0.3 is 0 Å². The van der Waals surface area contributed by atoms with Gasteiger partial charge in [-0.15, -0.1) is 0 Å². The van der Waals surface area contributed by atoms with E-state index in [9.17, 15) is 0 Å². The highest BCUT2D eigenvalue weighted by molar-refractivity contribution is 5.37. The van der Waals surface area contributed by atoms with Crippen molar-refractivity contribution in [2.75, 3.05) is 12.4 Å². The zero-order valence-electron chi connectivity index (χ0n) is 12.5. The Bertz CT molecular complexity index is 403. The van der Waals surface area contributed by atoms with Crippen LogP contribution in [0.2, 0.25) is 0 Å². The van der Waals surface area contributed by atoms with E-state index in [1.807, 2.05) is 0 Å². The van der Waals surface area contributed by atoms with Gasteiger partial charge in [0.05, 0.1) is 5.69 Å². The molecule has 1 heterocycles. The van der Waals surface area contributed by atoms with Crippen molar-refractivity contribution in [1.29, 1.82) is 0 Å². The minimum Gasteiger partial charge on any atom is -0.367 e. The van der Waals surface area contributed by atoms with Crippen LogP contribution >= 0.6 is 0 Å². The molecular formula is C15H26N4. The van der Waals surface area contributed by atoms with E-state index in [1.54, 1.807) is 6.33 Å². The lowest BCUT2D eigenvalue weighted by Gasteiger charge is -2.29. The summed E-state index contributed by atoms with van der Waals surface area (Å²) < 4.78 is 0. The van der Waals surface area contributed by atoms with Gasteiger partial charge in [-0.05, 0) is 32.7 Å². The average Bonchev–Trinajstić information content (AvgIpc) is 2.39. The summed E-state index contributed by atoms with van der Waals surface area (Å²) in [7, 11) is 2.05. The molecule has 0 saturated heterocycles. The van der Waals surface area contributed by atoms with Crippen LogP contribution in [0.4, 0.5) is 5.82 Å². The summed E-state index contributed by atoms with van der Waals surface area (Å²) in [4.78, 5) is 8.72. The van der Waals surface area contributed by atoms with E-state index >= 15 is 0 Å². The Labute approximate surface area is 116 Å². The van der Waals surface area contributed by atoms with Crippen molar-refractivity contribution < 1.29 is 0 Å². The molecule has 0 atom stereocenters. The third kappa shape index (κ3) is 3.90. The predicted octanol–water partition coefficient (Wildman–Crippen LogP) is 2.72. The van der Waals surface area contributed by atoms with Gasteiger partial charge in [0, 0.05) is 23.6 Å². The highest BCUT2D eigenvalue weighted by Crippen LogP contribution is 2.24. The summed E-state index contributed by atoms with van der Waals surface area (Å²) in [6, 6.07) is 3.32. The van der Waals surface area contributed by atoms with E-state index in [4.69, 9.17) is 0 Å². The minimum atomic E-state index is 0.0726. The number of hydrogen-bond acceptors (Lipinski definition) is 4. The van der Waals surface area contributed by atoms with E-state index < -0.39 is 0 Å². The Morgan fingerprint density at radius 1 is 1.05 bits per heavy atom. The van der Waals surface area contributed by atoms with Crippen LogP contribution in [0.25, 0.3) is 0 Å². The Kier molecular flexibility index (Phi) is 4.40. The molecule has 4 heteroatoms. The molecule has 2 N–H and O–H groups in total. The van der Waals surface area contributed by atoms with Gasteiger partial charge in [0.1, 0.15) is 12.1 Å². The van der Waals surface area contributed by atoms with E-state index in [0.29, 0.717) is 12.1 Å². The van der Waals surface area contributed by atoms with E-state index in [0.717, 1.165) is 11.5 Å². The maximum atomic E-state index is 4.37. The molecule has 19 heavy (non-hydrogen) atoms. The minimum absolute atomic E-state index is 0.0726. The molecule has 1 aliphatic rings. The first kappa shape index (κ1) is 14.3. The van der Waals surface area contributed by atoms with Gasteiger partial charge < -0.3 is 10.6 Å². The van der Waals surface area contributed by atoms with Crippen molar-refractivity contribution in [3.63, 3.8) is 0 Å². The van der Waals surface area contributed by atoms with Crippen molar-refractivity contribution in [2.45, 2.75) is 64.0 Å². The first-order valence-electron chi connectivity index (χ1n) is 7.25. The zero-order valence-corrected chi connectivity index (χ0v) is 12.5. The molecule has 0 radical (unpaired) electrons. The summed E-state index contributed by atoms with van der Waals surface area (Å²) in [5.41, 5.74) is 1.16. The Morgan fingerprint density at radius 3 is 2.26 bits per heavy atom. The molecule has 0 amide bonds. The number of nitrogens with one attached hydrogen (secondary N) is 2. The van der Waals surface area contributed by atoms with Gasteiger partial charge in [0.2, 0.25) is 0 Å². The van der Waals surface area contributed by atoms with Gasteiger partial charge in [0.15, 0.2) is 0 Å². The SMILES string of the molecule is CN[C@H]1CC[C@@H](Nc2cc(C(C)(C)C)ncn2)CC1. The molecular weight excluding hydrogens is 236 g/mol. The molecule has 0 aliphatic heterocycles. The van der Waals surface area contributed by atoms with E-state index in [2.05, 4.69) is 54.5 Å². The maximum Gasteiger partial charge on any atom is 0.129 e. The normalized spacial score (nSPS) is 24.2. The van der Waals surface area contributed by atoms with Crippen molar-refractivity contribution in [2.24, 2.45) is 0 Å². The van der Waals surface area contributed by atoms with Crippen LogP contribution in [0.5, 0.6) is 0 Å². The van der Waals surface area contributed by atoms with E-state index in [1.165, 1.54) is 25.7 Å². The van der Waals surface area contributed by atoms with Crippen molar-refractivity contribution >= 4 is 5.82 Å². The number of hydrogen-bond donors (Lipinski definition) is 2. The van der Waals surface area contributed by atoms with Crippen LogP contribution in [0.1, 0.15) is 52.1 Å².